The molecule has 1 amide bonds. The first-order valence-electron chi connectivity index (χ1n) is 5.82. The van der Waals surface area contributed by atoms with Gasteiger partial charge in [-0.1, -0.05) is 6.92 Å². The molecule has 1 heterocycles. The van der Waals surface area contributed by atoms with Crippen molar-refractivity contribution in [2.45, 2.75) is 45.6 Å². The molecule has 0 radical (unpaired) electrons. The van der Waals surface area contributed by atoms with Gasteiger partial charge in [0.15, 0.2) is 0 Å². The Morgan fingerprint density at radius 2 is 2.17 bits per heavy atom. The molecule has 0 aliphatic carbocycles. The number of hydrogen-bond acceptors (Lipinski definition) is 4. The molecule has 0 saturated heterocycles. The number of carboxylic acids is 1. The van der Waals surface area contributed by atoms with E-state index in [1.165, 1.54) is 11.3 Å². The van der Waals surface area contributed by atoms with E-state index >= 15 is 0 Å². The van der Waals surface area contributed by atoms with Crippen molar-refractivity contribution in [3.05, 3.63) is 16.1 Å². The molecule has 0 aliphatic heterocycles. The van der Waals surface area contributed by atoms with Crippen molar-refractivity contribution in [1.82, 2.24) is 10.3 Å². The van der Waals surface area contributed by atoms with Crippen molar-refractivity contribution in [2.75, 3.05) is 0 Å². The van der Waals surface area contributed by atoms with Gasteiger partial charge in [0.2, 0.25) is 0 Å². The maximum absolute atomic E-state index is 12.1. The molecule has 0 atom stereocenters. The molecule has 0 aliphatic rings. The van der Waals surface area contributed by atoms with Crippen molar-refractivity contribution in [2.24, 2.45) is 0 Å². The normalized spacial score (nSPS) is 11.3. The Hall–Kier alpha value is -1.43. The average molecular weight is 270 g/mol. The lowest BCUT2D eigenvalue weighted by atomic mass is 9.98. The molecule has 0 fully saturated rings. The molecule has 5 nitrogen and oxygen atoms in total. The molecule has 0 saturated carbocycles. The molecular formula is C12H18N2O3S. The van der Waals surface area contributed by atoms with Gasteiger partial charge >= 0.3 is 5.97 Å². The number of amides is 1. The third kappa shape index (κ3) is 4.10. The summed E-state index contributed by atoms with van der Waals surface area (Å²) in [5.41, 5.74) is 1.90. The average Bonchev–Trinajstić information content (AvgIpc) is 2.74. The molecule has 0 unspecified atom stereocenters. The highest BCUT2D eigenvalue weighted by Crippen LogP contribution is 2.17. The van der Waals surface area contributed by atoms with E-state index in [4.69, 9.17) is 5.11 Å². The number of nitrogens with zero attached hydrogens (tertiary/aromatic N) is 1. The first kappa shape index (κ1) is 14.6. The highest BCUT2D eigenvalue weighted by Gasteiger charge is 2.24. The Morgan fingerprint density at radius 3 is 2.72 bits per heavy atom. The van der Waals surface area contributed by atoms with Crippen molar-refractivity contribution in [3.8, 4) is 0 Å². The number of rotatable bonds is 6. The summed E-state index contributed by atoms with van der Waals surface area (Å²) in [6.45, 7) is 5.59. The van der Waals surface area contributed by atoms with Crippen LogP contribution in [0.15, 0.2) is 5.51 Å². The van der Waals surface area contributed by atoms with Crippen LogP contribution in [-0.2, 0) is 11.2 Å². The van der Waals surface area contributed by atoms with Crippen LogP contribution in [0, 0.1) is 0 Å². The Morgan fingerprint density at radius 1 is 1.50 bits per heavy atom. The molecule has 1 aromatic rings. The second kappa shape index (κ2) is 5.95. The minimum absolute atomic E-state index is 0.0383. The second-order valence-electron chi connectivity index (χ2n) is 4.71. The highest BCUT2D eigenvalue weighted by molar-refractivity contribution is 7.11. The third-order valence-electron chi connectivity index (χ3n) is 2.60. The van der Waals surface area contributed by atoms with E-state index in [9.17, 15) is 9.59 Å². The lowest BCUT2D eigenvalue weighted by Crippen LogP contribution is -2.43. The van der Waals surface area contributed by atoms with E-state index in [0.29, 0.717) is 17.7 Å². The Bertz CT molecular complexity index is 440. The number of aryl methyl sites for hydroxylation is 1. The van der Waals surface area contributed by atoms with Gasteiger partial charge < -0.3 is 10.4 Å². The van der Waals surface area contributed by atoms with E-state index < -0.39 is 11.5 Å². The molecule has 6 heteroatoms. The van der Waals surface area contributed by atoms with Crippen LogP contribution in [0.2, 0.25) is 0 Å². The molecule has 0 spiro atoms. The number of hydrogen-bond donors (Lipinski definition) is 2. The first-order valence-corrected chi connectivity index (χ1v) is 6.70. The minimum atomic E-state index is -0.857. The van der Waals surface area contributed by atoms with Gasteiger partial charge in [-0.3, -0.25) is 9.59 Å². The summed E-state index contributed by atoms with van der Waals surface area (Å²) in [5.74, 6) is -1.03. The maximum Gasteiger partial charge on any atom is 0.303 e. The van der Waals surface area contributed by atoms with Crippen LogP contribution in [0.5, 0.6) is 0 Å². The third-order valence-corrected chi connectivity index (χ3v) is 3.47. The monoisotopic (exact) mass is 270 g/mol. The van der Waals surface area contributed by atoms with E-state index in [0.717, 1.165) is 5.69 Å². The van der Waals surface area contributed by atoms with Gasteiger partial charge in [0.1, 0.15) is 4.88 Å². The lowest BCUT2D eigenvalue weighted by Gasteiger charge is -2.25. The van der Waals surface area contributed by atoms with Crippen LogP contribution in [0.4, 0.5) is 0 Å². The van der Waals surface area contributed by atoms with Gasteiger partial charge in [0, 0.05) is 12.0 Å². The number of aliphatic carboxylic acids is 1. The van der Waals surface area contributed by atoms with Crippen LogP contribution in [0.25, 0.3) is 0 Å². The van der Waals surface area contributed by atoms with E-state index in [2.05, 4.69) is 10.3 Å². The minimum Gasteiger partial charge on any atom is -0.481 e. The molecular weight excluding hydrogens is 252 g/mol. The number of nitrogens with one attached hydrogen (secondary N) is 1. The van der Waals surface area contributed by atoms with E-state index in [-0.39, 0.29) is 12.3 Å². The standard InChI is InChI=1S/C12H18N2O3S/c1-4-8-10(18-7-13-8)11(17)14-12(2,3)6-5-9(15)16/h7H,4-6H2,1-3H3,(H,14,17)(H,15,16). The SMILES string of the molecule is CCc1ncsc1C(=O)NC(C)(C)CCC(=O)O. The Kier molecular flexibility index (Phi) is 4.84. The first-order chi connectivity index (χ1) is 8.35. The fraction of sp³-hybridized carbons (Fsp3) is 0.583. The van der Waals surface area contributed by atoms with Crippen LogP contribution in [-0.4, -0.2) is 27.5 Å². The summed E-state index contributed by atoms with van der Waals surface area (Å²) < 4.78 is 0. The summed E-state index contributed by atoms with van der Waals surface area (Å²) in [5, 5.41) is 11.5. The predicted octanol–water partition coefficient (Wildman–Crippen LogP) is 2.08. The number of carboxylic acid groups (broad SMARTS) is 1. The van der Waals surface area contributed by atoms with Crippen LogP contribution < -0.4 is 5.32 Å². The molecule has 2 N–H and O–H groups in total. The lowest BCUT2D eigenvalue weighted by molar-refractivity contribution is -0.137. The van der Waals surface area contributed by atoms with Gasteiger partial charge in [0.25, 0.3) is 5.91 Å². The molecule has 0 aromatic carbocycles. The number of aromatic nitrogens is 1. The fourth-order valence-electron chi connectivity index (χ4n) is 1.55. The Labute approximate surface area is 110 Å². The number of carbonyl (C=O) groups is 2. The van der Waals surface area contributed by atoms with Crippen molar-refractivity contribution in [3.63, 3.8) is 0 Å². The fourth-order valence-corrected chi connectivity index (χ4v) is 2.33. The van der Waals surface area contributed by atoms with Crippen molar-refractivity contribution in [1.29, 1.82) is 0 Å². The summed E-state index contributed by atoms with van der Waals surface area (Å²) in [6.07, 6.45) is 1.15. The quantitative estimate of drug-likeness (QED) is 0.829. The van der Waals surface area contributed by atoms with Gasteiger partial charge in [-0.25, -0.2) is 4.98 Å². The maximum atomic E-state index is 12.1. The summed E-state index contributed by atoms with van der Waals surface area (Å²) >= 11 is 1.31. The van der Waals surface area contributed by atoms with Gasteiger partial charge in [-0.15, -0.1) is 11.3 Å². The molecule has 100 valence electrons. The van der Waals surface area contributed by atoms with Gasteiger partial charge in [-0.05, 0) is 26.7 Å². The molecule has 0 bridgehead atoms. The summed E-state index contributed by atoms with van der Waals surface area (Å²) in [4.78, 5) is 27.3. The van der Waals surface area contributed by atoms with Crippen LogP contribution in [0.3, 0.4) is 0 Å². The van der Waals surface area contributed by atoms with Gasteiger partial charge in [-0.2, -0.15) is 0 Å². The van der Waals surface area contributed by atoms with Crippen molar-refractivity contribution < 1.29 is 14.7 Å². The number of carbonyl (C=O) groups excluding carboxylic acids is 1. The van der Waals surface area contributed by atoms with Crippen LogP contribution in [0.1, 0.15) is 49.0 Å². The zero-order chi connectivity index (χ0) is 13.8. The molecule has 18 heavy (non-hydrogen) atoms. The summed E-state index contributed by atoms with van der Waals surface area (Å²) in [7, 11) is 0. The molecule has 1 aromatic heterocycles. The van der Waals surface area contributed by atoms with E-state index in [1.807, 2.05) is 20.8 Å². The predicted molar refractivity (Wildman–Crippen MR) is 69.9 cm³/mol. The van der Waals surface area contributed by atoms with Crippen molar-refractivity contribution >= 4 is 23.2 Å². The largest absolute Gasteiger partial charge is 0.481 e. The van der Waals surface area contributed by atoms with Crippen LogP contribution >= 0.6 is 11.3 Å². The van der Waals surface area contributed by atoms with Gasteiger partial charge in [0.05, 0.1) is 11.2 Å². The zero-order valence-electron chi connectivity index (χ0n) is 10.8. The summed E-state index contributed by atoms with van der Waals surface area (Å²) in [6, 6.07) is 0. The number of thiazole rings is 1. The topological polar surface area (TPSA) is 79.3 Å². The highest BCUT2D eigenvalue weighted by atomic mass is 32.1. The zero-order valence-corrected chi connectivity index (χ0v) is 11.6. The Balaban J connectivity index is 2.66. The second-order valence-corrected chi connectivity index (χ2v) is 5.57. The molecule has 1 rings (SSSR count). The smallest absolute Gasteiger partial charge is 0.303 e. The van der Waals surface area contributed by atoms with E-state index in [1.54, 1.807) is 5.51 Å².